The minimum atomic E-state index is -0.576. The summed E-state index contributed by atoms with van der Waals surface area (Å²) >= 11 is 0. The van der Waals surface area contributed by atoms with Gasteiger partial charge in [-0.2, -0.15) is 5.10 Å². The van der Waals surface area contributed by atoms with Crippen LogP contribution in [0, 0.1) is 10.1 Å². The summed E-state index contributed by atoms with van der Waals surface area (Å²) in [5.74, 6) is -0.263. The Labute approximate surface area is 155 Å². The molecule has 1 N–H and O–H groups in total. The molecule has 0 aliphatic rings. The monoisotopic (exact) mass is 366 g/mol. The number of nitro benzene ring substituents is 1. The van der Waals surface area contributed by atoms with Gasteiger partial charge in [0.05, 0.1) is 23.9 Å². The molecule has 0 unspecified atom stereocenters. The first-order valence-electron chi connectivity index (χ1n) is 8.28. The maximum absolute atomic E-state index is 12.2. The van der Waals surface area contributed by atoms with Gasteiger partial charge in [-0.3, -0.25) is 14.9 Å². The van der Waals surface area contributed by atoms with Crippen LogP contribution in [-0.4, -0.2) is 34.3 Å². The molecule has 3 rings (SSSR count). The topological polar surface area (TPSA) is 99.3 Å². The van der Waals surface area contributed by atoms with E-state index in [1.54, 1.807) is 10.9 Å². The minimum absolute atomic E-state index is 0.116. The molecule has 8 nitrogen and oxygen atoms in total. The Kier molecular flexibility index (Phi) is 5.46. The molecule has 138 valence electrons. The van der Waals surface area contributed by atoms with Gasteiger partial charge in [0.15, 0.2) is 5.75 Å². The lowest BCUT2D eigenvalue weighted by Gasteiger charge is -2.06. The third-order valence-electron chi connectivity index (χ3n) is 3.99. The number of carbonyl (C=O) groups excluding carboxylic acids is 1. The van der Waals surface area contributed by atoms with Crippen molar-refractivity contribution in [2.45, 2.75) is 6.42 Å². The van der Waals surface area contributed by atoms with Crippen LogP contribution in [-0.2, 0) is 6.42 Å². The number of aromatic nitrogens is 2. The van der Waals surface area contributed by atoms with Crippen LogP contribution in [0.15, 0.2) is 60.9 Å². The van der Waals surface area contributed by atoms with Gasteiger partial charge in [0.25, 0.3) is 5.91 Å². The molecule has 0 spiro atoms. The molecule has 0 aliphatic carbocycles. The molecule has 0 saturated carbocycles. The molecule has 0 aliphatic heterocycles. The Balaban J connectivity index is 1.59. The predicted octanol–water partition coefficient (Wildman–Crippen LogP) is 2.76. The quantitative estimate of drug-likeness (QED) is 0.512. The van der Waals surface area contributed by atoms with Crippen LogP contribution in [0.3, 0.4) is 0 Å². The summed E-state index contributed by atoms with van der Waals surface area (Å²) in [6.45, 7) is 0.388. The summed E-state index contributed by atoms with van der Waals surface area (Å²) in [7, 11) is 1.34. The number of rotatable bonds is 7. The highest BCUT2D eigenvalue weighted by Gasteiger charge is 2.18. The van der Waals surface area contributed by atoms with E-state index in [1.807, 2.05) is 36.5 Å². The fourth-order valence-electron chi connectivity index (χ4n) is 2.61. The van der Waals surface area contributed by atoms with Crippen molar-refractivity contribution in [2.24, 2.45) is 0 Å². The molecule has 27 heavy (non-hydrogen) atoms. The number of hydrogen-bond acceptors (Lipinski definition) is 5. The second-order valence-electron chi connectivity index (χ2n) is 5.78. The molecule has 3 aromatic rings. The zero-order valence-corrected chi connectivity index (χ0v) is 14.7. The van der Waals surface area contributed by atoms with Crippen LogP contribution in [0.4, 0.5) is 5.69 Å². The van der Waals surface area contributed by atoms with Gasteiger partial charge in [-0.1, -0.05) is 18.2 Å². The van der Waals surface area contributed by atoms with Crippen molar-refractivity contribution in [3.63, 3.8) is 0 Å². The predicted molar refractivity (Wildman–Crippen MR) is 99.2 cm³/mol. The Hall–Kier alpha value is -3.68. The average molecular weight is 366 g/mol. The van der Waals surface area contributed by atoms with Gasteiger partial charge < -0.3 is 10.1 Å². The minimum Gasteiger partial charge on any atom is -0.490 e. The number of nitro groups is 1. The third kappa shape index (κ3) is 4.30. The summed E-state index contributed by atoms with van der Waals surface area (Å²) in [5.41, 5.74) is 1.90. The summed E-state index contributed by atoms with van der Waals surface area (Å²) in [5, 5.41) is 18.1. The largest absolute Gasteiger partial charge is 0.490 e. The van der Waals surface area contributed by atoms with E-state index in [4.69, 9.17) is 4.74 Å². The molecular weight excluding hydrogens is 348 g/mol. The van der Waals surface area contributed by atoms with Crippen molar-refractivity contribution in [3.05, 3.63) is 82.2 Å². The van der Waals surface area contributed by atoms with Crippen LogP contribution in [0.25, 0.3) is 5.69 Å². The van der Waals surface area contributed by atoms with Gasteiger partial charge in [0.2, 0.25) is 0 Å². The standard InChI is InChI=1S/C19H18N4O4/c1-27-18-8-7-15(11-17(18)23(25)26)19(24)20-10-9-14-12-21-22(13-14)16-5-3-2-4-6-16/h2-8,11-13H,9-10H2,1H3,(H,20,24). The van der Waals surface area contributed by atoms with E-state index in [-0.39, 0.29) is 22.9 Å². The lowest BCUT2D eigenvalue weighted by atomic mass is 10.1. The van der Waals surface area contributed by atoms with Crippen molar-refractivity contribution < 1.29 is 14.5 Å². The fraction of sp³-hybridized carbons (Fsp3) is 0.158. The number of para-hydroxylation sites is 1. The second-order valence-corrected chi connectivity index (χ2v) is 5.78. The molecule has 1 aromatic heterocycles. The third-order valence-corrected chi connectivity index (χ3v) is 3.99. The summed E-state index contributed by atoms with van der Waals surface area (Å²) in [6.07, 6.45) is 4.24. The number of methoxy groups -OCH3 is 1. The van der Waals surface area contributed by atoms with E-state index in [9.17, 15) is 14.9 Å². The van der Waals surface area contributed by atoms with Crippen molar-refractivity contribution in [1.82, 2.24) is 15.1 Å². The van der Waals surface area contributed by atoms with E-state index in [1.165, 1.54) is 25.3 Å². The first kappa shape index (κ1) is 18.1. The van der Waals surface area contributed by atoms with E-state index < -0.39 is 4.92 Å². The van der Waals surface area contributed by atoms with Gasteiger partial charge in [-0.05, 0) is 36.2 Å². The molecule has 8 heteroatoms. The SMILES string of the molecule is COc1ccc(C(=O)NCCc2cnn(-c3ccccc3)c2)cc1[N+](=O)[O-]. The highest BCUT2D eigenvalue weighted by molar-refractivity contribution is 5.95. The molecule has 0 bridgehead atoms. The second kappa shape index (κ2) is 8.13. The van der Waals surface area contributed by atoms with Crippen LogP contribution >= 0.6 is 0 Å². The number of carbonyl (C=O) groups is 1. The van der Waals surface area contributed by atoms with Crippen LogP contribution in [0.5, 0.6) is 5.75 Å². The molecule has 0 atom stereocenters. The lowest BCUT2D eigenvalue weighted by Crippen LogP contribution is -2.25. The van der Waals surface area contributed by atoms with Crippen molar-refractivity contribution in [1.29, 1.82) is 0 Å². The highest BCUT2D eigenvalue weighted by Crippen LogP contribution is 2.27. The number of benzene rings is 2. The number of amides is 1. The van der Waals surface area contributed by atoms with E-state index in [0.717, 1.165) is 11.3 Å². The van der Waals surface area contributed by atoms with Crippen LogP contribution in [0.1, 0.15) is 15.9 Å². The maximum Gasteiger partial charge on any atom is 0.311 e. The van der Waals surface area contributed by atoms with Crippen molar-refractivity contribution in [2.75, 3.05) is 13.7 Å². The molecule has 2 aromatic carbocycles. The van der Waals surface area contributed by atoms with Crippen LogP contribution in [0.2, 0.25) is 0 Å². The number of nitrogens with one attached hydrogen (secondary N) is 1. The summed E-state index contributed by atoms with van der Waals surface area (Å²) in [6, 6.07) is 13.8. The lowest BCUT2D eigenvalue weighted by molar-refractivity contribution is -0.385. The van der Waals surface area contributed by atoms with Gasteiger partial charge >= 0.3 is 5.69 Å². The maximum atomic E-state index is 12.2. The molecular formula is C19H18N4O4. The first-order chi connectivity index (χ1) is 13.1. The number of ether oxygens (including phenoxy) is 1. The van der Waals surface area contributed by atoms with Gasteiger partial charge in [-0.15, -0.1) is 0 Å². The normalized spacial score (nSPS) is 10.4. The number of hydrogen-bond donors (Lipinski definition) is 1. The average Bonchev–Trinajstić information content (AvgIpc) is 3.17. The summed E-state index contributed by atoms with van der Waals surface area (Å²) < 4.78 is 6.70. The Bertz CT molecular complexity index is 953. The zero-order valence-electron chi connectivity index (χ0n) is 14.7. The van der Waals surface area contributed by atoms with E-state index in [2.05, 4.69) is 10.4 Å². The fourth-order valence-corrected chi connectivity index (χ4v) is 2.61. The van der Waals surface area contributed by atoms with Gasteiger partial charge in [-0.25, -0.2) is 4.68 Å². The Morgan fingerprint density at radius 2 is 2.04 bits per heavy atom. The number of nitrogens with zero attached hydrogens (tertiary/aromatic N) is 3. The van der Waals surface area contributed by atoms with Gasteiger partial charge in [0.1, 0.15) is 0 Å². The zero-order chi connectivity index (χ0) is 19.2. The van der Waals surface area contributed by atoms with E-state index >= 15 is 0 Å². The smallest absolute Gasteiger partial charge is 0.311 e. The van der Waals surface area contributed by atoms with Crippen LogP contribution < -0.4 is 10.1 Å². The molecule has 0 fully saturated rings. The molecule has 1 heterocycles. The Morgan fingerprint density at radius 3 is 2.74 bits per heavy atom. The summed E-state index contributed by atoms with van der Waals surface area (Å²) in [4.78, 5) is 22.7. The molecule has 0 saturated heterocycles. The molecule has 1 amide bonds. The van der Waals surface area contributed by atoms with Crippen molar-refractivity contribution in [3.8, 4) is 11.4 Å². The van der Waals surface area contributed by atoms with E-state index in [0.29, 0.717) is 13.0 Å². The molecule has 0 radical (unpaired) electrons. The Morgan fingerprint density at radius 1 is 1.26 bits per heavy atom. The van der Waals surface area contributed by atoms with Gasteiger partial charge in [0, 0.05) is 24.4 Å². The van der Waals surface area contributed by atoms with Crippen molar-refractivity contribution >= 4 is 11.6 Å². The first-order valence-corrected chi connectivity index (χ1v) is 8.28. The highest BCUT2D eigenvalue weighted by atomic mass is 16.6.